The molecule has 0 amide bonds. The number of fused-ring (bicyclic) bond motifs is 1. The second kappa shape index (κ2) is 10.1. The Morgan fingerprint density at radius 3 is 2.55 bits per heavy atom. The third kappa shape index (κ3) is 5.48. The Bertz CT molecular complexity index is 1140. The number of carbonyl (C=O) groups excluding carboxylic acids is 1. The Morgan fingerprint density at radius 2 is 1.76 bits per heavy atom. The van der Waals surface area contributed by atoms with E-state index in [1.807, 2.05) is 54.6 Å². The molecule has 7 nitrogen and oxygen atoms in total. The molecular formula is C25H22FNO6. The van der Waals surface area contributed by atoms with Crippen molar-refractivity contribution in [3.63, 3.8) is 0 Å². The molecule has 1 aliphatic heterocycles. The summed E-state index contributed by atoms with van der Waals surface area (Å²) in [5.74, 6) is -1.50. The first-order valence-electron chi connectivity index (χ1n) is 10.4. The first-order valence-corrected chi connectivity index (χ1v) is 10.4. The molecule has 1 unspecified atom stereocenters. The molecule has 0 radical (unpaired) electrons. The Hall–Kier alpha value is -3.91. The largest absolute Gasteiger partial charge is 0.528 e. The van der Waals surface area contributed by atoms with E-state index >= 15 is 0 Å². The molecule has 1 atom stereocenters. The lowest BCUT2D eigenvalue weighted by molar-refractivity contribution is -0.152. The number of hydroxylamine groups is 2. The van der Waals surface area contributed by atoms with Crippen molar-refractivity contribution in [2.45, 2.75) is 19.1 Å². The molecule has 0 spiro atoms. The molecular weight excluding hydrogens is 429 g/mol. The highest BCUT2D eigenvalue weighted by molar-refractivity contribution is 5.68. The second-order valence-electron chi connectivity index (χ2n) is 7.47. The third-order valence-electron chi connectivity index (χ3n) is 5.25. The highest BCUT2D eigenvalue weighted by Crippen LogP contribution is 2.40. The summed E-state index contributed by atoms with van der Waals surface area (Å²) in [6, 6.07) is 19.8. The minimum absolute atomic E-state index is 0.0434. The number of halogens is 1. The predicted octanol–water partition coefficient (Wildman–Crippen LogP) is 4.51. The van der Waals surface area contributed by atoms with Gasteiger partial charge in [0.25, 0.3) is 0 Å². The third-order valence-corrected chi connectivity index (χ3v) is 5.25. The van der Waals surface area contributed by atoms with Crippen LogP contribution < -0.4 is 4.74 Å². The molecule has 0 fully saturated rings. The second-order valence-corrected chi connectivity index (χ2v) is 7.47. The van der Waals surface area contributed by atoms with E-state index in [0.29, 0.717) is 18.5 Å². The number of carbonyl (C=O) groups is 2. The van der Waals surface area contributed by atoms with E-state index in [1.54, 1.807) is 0 Å². The highest BCUT2D eigenvalue weighted by Gasteiger charge is 2.34. The number of aliphatic carboxylic acids is 1. The van der Waals surface area contributed by atoms with Gasteiger partial charge in [0.15, 0.2) is 6.61 Å². The van der Waals surface area contributed by atoms with Crippen LogP contribution in [0.15, 0.2) is 72.8 Å². The monoisotopic (exact) mass is 451 g/mol. The summed E-state index contributed by atoms with van der Waals surface area (Å²) in [7, 11) is 0. The zero-order valence-electron chi connectivity index (χ0n) is 17.6. The van der Waals surface area contributed by atoms with Crippen molar-refractivity contribution in [3.8, 4) is 5.75 Å². The average molecular weight is 451 g/mol. The zero-order valence-corrected chi connectivity index (χ0v) is 17.6. The van der Waals surface area contributed by atoms with Crippen LogP contribution in [0.3, 0.4) is 0 Å². The van der Waals surface area contributed by atoms with Crippen LogP contribution in [-0.2, 0) is 27.4 Å². The fourth-order valence-corrected chi connectivity index (χ4v) is 3.81. The first kappa shape index (κ1) is 22.3. The summed E-state index contributed by atoms with van der Waals surface area (Å²) < 4.78 is 24.9. The van der Waals surface area contributed by atoms with Gasteiger partial charge in [-0.25, -0.2) is 14.0 Å². The lowest BCUT2D eigenvalue weighted by atomic mass is 9.89. The van der Waals surface area contributed by atoms with Crippen molar-refractivity contribution < 1.29 is 33.4 Å². The summed E-state index contributed by atoms with van der Waals surface area (Å²) >= 11 is 0. The number of hydrogen-bond acceptors (Lipinski definition) is 6. The Balaban J connectivity index is 1.62. The van der Waals surface area contributed by atoms with Gasteiger partial charge in [-0.05, 0) is 41.3 Å². The van der Waals surface area contributed by atoms with Gasteiger partial charge in [-0.15, -0.1) is 5.06 Å². The normalized spacial score (nSPS) is 15.4. The van der Waals surface area contributed by atoms with E-state index in [4.69, 9.17) is 19.4 Å². The number of carboxylic acid groups (broad SMARTS) is 1. The van der Waals surface area contributed by atoms with E-state index < -0.39 is 30.6 Å². The van der Waals surface area contributed by atoms with Gasteiger partial charge in [0.05, 0.1) is 0 Å². The van der Waals surface area contributed by atoms with Crippen LogP contribution >= 0.6 is 0 Å². The fraction of sp³-hybridized carbons (Fsp3) is 0.200. The molecule has 0 saturated carbocycles. The van der Waals surface area contributed by atoms with Crippen LogP contribution in [0, 0.1) is 5.82 Å². The van der Waals surface area contributed by atoms with Gasteiger partial charge in [-0.3, -0.25) is 0 Å². The maximum atomic E-state index is 14.3. The summed E-state index contributed by atoms with van der Waals surface area (Å²) in [5.41, 5.74) is 2.96. The van der Waals surface area contributed by atoms with Gasteiger partial charge in [0.2, 0.25) is 0 Å². The molecule has 3 aromatic rings. The van der Waals surface area contributed by atoms with Gasteiger partial charge in [0, 0.05) is 12.1 Å². The van der Waals surface area contributed by atoms with Crippen molar-refractivity contribution in [1.29, 1.82) is 0 Å². The summed E-state index contributed by atoms with van der Waals surface area (Å²) in [6.07, 6.45) is -0.299. The molecule has 1 aliphatic rings. The molecule has 4 rings (SSSR count). The van der Waals surface area contributed by atoms with E-state index in [9.17, 15) is 14.0 Å². The van der Waals surface area contributed by atoms with Crippen molar-refractivity contribution in [3.05, 3.63) is 101 Å². The van der Waals surface area contributed by atoms with E-state index in [1.165, 1.54) is 23.3 Å². The summed E-state index contributed by atoms with van der Waals surface area (Å²) in [5, 5.41) is 10.4. The lowest BCUT2D eigenvalue weighted by Gasteiger charge is -2.36. The number of rotatable bonds is 7. The summed E-state index contributed by atoms with van der Waals surface area (Å²) in [4.78, 5) is 29.0. The maximum Gasteiger partial charge on any atom is 0.528 e. The molecule has 0 bridgehead atoms. The topological polar surface area (TPSA) is 85.3 Å². The SMILES string of the molecule is O=C(O)COc1ccc(F)cc1C1c2ccccc2CCN1OC(=O)OCc1ccccc1. The van der Waals surface area contributed by atoms with Crippen LogP contribution in [0.1, 0.15) is 28.3 Å². The lowest BCUT2D eigenvalue weighted by Crippen LogP contribution is -2.38. The number of ether oxygens (including phenoxy) is 2. The Kier molecular flexibility index (Phi) is 6.85. The Labute approximate surface area is 189 Å². The molecule has 0 saturated heterocycles. The standard InChI is InChI=1S/C25H22FNO6/c26-19-10-11-22(31-16-23(28)29)21(14-19)24-20-9-5-4-8-18(20)12-13-27(24)33-25(30)32-15-17-6-2-1-3-7-17/h1-11,14,24H,12-13,15-16H2,(H,28,29). The average Bonchev–Trinajstić information content (AvgIpc) is 2.82. The highest BCUT2D eigenvalue weighted by atomic mass is 19.1. The number of hydrogen-bond donors (Lipinski definition) is 1. The van der Waals surface area contributed by atoms with Crippen LogP contribution in [0.2, 0.25) is 0 Å². The van der Waals surface area contributed by atoms with Gasteiger partial charge < -0.3 is 19.4 Å². The van der Waals surface area contributed by atoms with Crippen LogP contribution in [-0.4, -0.2) is 35.4 Å². The molecule has 0 aromatic heterocycles. The predicted molar refractivity (Wildman–Crippen MR) is 116 cm³/mol. The molecule has 0 aliphatic carbocycles. The van der Waals surface area contributed by atoms with Crippen LogP contribution in [0.4, 0.5) is 9.18 Å². The van der Waals surface area contributed by atoms with E-state index in [2.05, 4.69) is 0 Å². The van der Waals surface area contributed by atoms with Crippen molar-refractivity contribution in [2.24, 2.45) is 0 Å². The molecule has 3 aromatic carbocycles. The molecule has 8 heteroatoms. The van der Waals surface area contributed by atoms with E-state index in [0.717, 1.165) is 16.7 Å². The number of carboxylic acids is 1. The van der Waals surface area contributed by atoms with Gasteiger partial charge in [0.1, 0.15) is 24.2 Å². The number of benzene rings is 3. The smallest absolute Gasteiger partial charge is 0.482 e. The van der Waals surface area contributed by atoms with Crippen molar-refractivity contribution >= 4 is 12.1 Å². The minimum Gasteiger partial charge on any atom is -0.482 e. The van der Waals surface area contributed by atoms with Gasteiger partial charge in [-0.2, -0.15) is 0 Å². The molecule has 1 N–H and O–H groups in total. The van der Waals surface area contributed by atoms with Crippen LogP contribution in [0.5, 0.6) is 5.75 Å². The van der Waals surface area contributed by atoms with Gasteiger partial charge in [-0.1, -0.05) is 54.6 Å². The zero-order chi connectivity index (χ0) is 23.2. The quantitative estimate of drug-likeness (QED) is 0.529. The Morgan fingerprint density at radius 1 is 1.00 bits per heavy atom. The van der Waals surface area contributed by atoms with Crippen LogP contribution in [0.25, 0.3) is 0 Å². The minimum atomic E-state index is -1.16. The molecule has 33 heavy (non-hydrogen) atoms. The molecule has 1 heterocycles. The van der Waals surface area contributed by atoms with Gasteiger partial charge >= 0.3 is 12.1 Å². The fourth-order valence-electron chi connectivity index (χ4n) is 3.81. The van der Waals surface area contributed by atoms with Crippen molar-refractivity contribution in [1.82, 2.24) is 5.06 Å². The molecule has 170 valence electrons. The maximum absolute atomic E-state index is 14.3. The van der Waals surface area contributed by atoms with E-state index in [-0.39, 0.29) is 12.4 Å². The first-order chi connectivity index (χ1) is 16.0. The number of nitrogens with zero attached hydrogens (tertiary/aromatic N) is 1. The van der Waals surface area contributed by atoms with Crippen molar-refractivity contribution in [2.75, 3.05) is 13.2 Å². The summed E-state index contributed by atoms with van der Waals surface area (Å²) in [6.45, 7) is -0.217.